The number of fused-ring (bicyclic) bond motifs is 18. The molecule has 6 aromatic carbocycles. The number of esters is 4. The first-order chi connectivity index (χ1) is 54.4. The molecule has 14 heterocycles. The summed E-state index contributed by atoms with van der Waals surface area (Å²) in [6, 6.07) is 8.46. The Morgan fingerprint density at radius 3 is 1.42 bits per heavy atom. The van der Waals surface area contributed by atoms with E-state index in [1.165, 1.54) is 44.9 Å². The molecule has 0 aromatic heterocycles. The fourth-order valence-electron chi connectivity index (χ4n) is 20.6. The number of aliphatic hydroxyl groups excluding tert-OH is 1. The molecule has 4 saturated heterocycles. The van der Waals surface area contributed by atoms with E-state index in [9.17, 15) is 50.0 Å². The second kappa shape index (κ2) is 28.9. The zero-order chi connectivity index (χ0) is 79.4. The molecule has 6 aromatic rings. The highest BCUT2D eigenvalue weighted by Crippen LogP contribution is 2.68. The van der Waals surface area contributed by atoms with Gasteiger partial charge in [0.15, 0.2) is 80.1 Å². The number of nitriles is 1. The topological polar surface area (TPSA) is 341 Å². The second-order valence-electron chi connectivity index (χ2n) is 31.3. The van der Waals surface area contributed by atoms with E-state index in [4.69, 9.17) is 56.8 Å². The van der Waals surface area contributed by atoms with Crippen molar-refractivity contribution in [2.75, 3.05) is 93.9 Å². The van der Waals surface area contributed by atoms with Crippen molar-refractivity contribution in [1.29, 1.82) is 5.26 Å². The summed E-state index contributed by atoms with van der Waals surface area (Å²) in [7, 11) is 9.98. The van der Waals surface area contributed by atoms with Gasteiger partial charge in [0.25, 0.3) is 0 Å². The number of aromatic hydroxyl groups is 4. The number of carbonyl (C=O) groups is 4. The summed E-state index contributed by atoms with van der Waals surface area (Å²) < 4.78 is 72.9. The summed E-state index contributed by atoms with van der Waals surface area (Å²) in [4.78, 5) is 65.1. The van der Waals surface area contributed by atoms with E-state index in [0.29, 0.717) is 153 Å². The molecule has 14 aliphatic heterocycles. The first-order valence-electron chi connectivity index (χ1n) is 38.5. The number of phenolic OH excluding ortho intramolecular Hbond substituents is 4. The Morgan fingerprint density at radius 2 is 0.982 bits per heavy atom. The monoisotopic (exact) mass is 1590 g/mol. The van der Waals surface area contributed by atoms with Crippen LogP contribution in [0.3, 0.4) is 0 Å². The van der Waals surface area contributed by atoms with Crippen molar-refractivity contribution < 1.29 is 102 Å². The summed E-state index contributed by atoms with van der Waals surface area (Å²) in [6.45, 7) is 11.7. The molecule has 20 rings (SSSR count). The van der Waals surface area contributed by atoms with Crippen LogP contribution >= 0.6 is 23.5 Å². The summed E-state index contributed by atoms with van der Waals surface area (Å²) in [5, 5.41) is 75.4. The van der Waals surface area contributed by atoms with Gasteiger partial charge >= 0.3 is 23.9 Å². The summed E-state index contributed by atoms with van der Waals surface area (Å²) in [6.07, 6.45) is 2.58. The number of nitrogens with zero attached hydrogens (tertiary/aromatic N) is 5. The molecule has 14 aliphatic rings. The van der Waals surface area contributed by atoms with Crippen LogP contribution in [0.15, 0.2) is 36.4 Å². The SMILES string of the molecule is CCCC(=O)Oc1c(C)c2c(c3c1[C@H]1SC[C@]4(NCCc5cc(O)c(OC)cc54)C(=O)OC[C@@H]3N3C1[C@H]1c4c(cc(C)c(OC)c4O)C[C@@H]([C@@H]3C#N)N1C)OCO2.CCCC(=O)Oc1c(C)c2c(c3c1[C@H]1SC[C@]4(NCCc5cc(O)c(OC)cc54)C(=O)OC[C@@H]3N3C1[C@H]1c4c(cc(C)c(OC)c4O)C[C@@H]([C@@H]3O)N1C)OCO2. The number of ether oxygens (including phenoxy) is 12. The minimum absolute atomic E-state index is 0.0203. The van der Waals surface area contributed by atoms with Crippen LogP contribution in [0.4, 0.5) is 0 Å². The van der Waals surface area contributed by atoms with E-state index in [-0.39, 0.29) is 97.7 Å². The quantitative estimate of drug-likeness (QED) is 0.0497. The van der Waals surface area contributed by atoms with Gasteiger partial charge < -0.3 is 82.4 Å². The van der Waals surface area contributed by atoms with Crippen LogP contribution in [0.25, 0.3) is 0 Å². The van der Waals surface area contributed by atoms with Crippen molar-refractivity contribution in [3.8, 4) is 86.6 Å². The average molecular weight is 1590 g/mol. The predicted octanol–water partition coefficient (Wildman–Crippen LogP) is 8.96. The Bertz CT molecular complexity index is 5040. The Balaban J connectivity index is 0.000000164. The van der Waals surface area contributed by atoms with Gasteiger partial charge in [-0.15, -0.1) is 23.5 Å². The van der Waals surface area contributed by atoms with Crippen molar-refractivity contribution >= 4 is 47.4 Å². The molecular weight excluding hydrogens is 1500 g/mol. The molecular formula is C83H93N7O21S2. The summed E-state index contributed by atoms with van der Waals surface area (Å²) in [5.74, 6) is 2.30. The van der Waals surface area contributed by atoms with Gasteiger partial charge in [0.1, 0.15) is 37.0 Å². The van der Waals surface area contributed by atoms with Gasteiger partial charge in [0.05, 0.1) is 75.2 Å². The number of nitrogens with one attached hydrogen (secondary N) is 2. The van der Waals surface area contributed by atoms with Crippen LogP contribution in [0.1, 0.15) is 163 Å². The van der Waals surface area contributed by atoms with Crippen molar-refractivity contribution in [3.63, 3.8) is 0 Å². The van der Waals surface area contributed by atoms with Gasteiger partial charge in [-0.05, 0) is 149 Å². The maximum atomic E-state index is 14.8. The number of likely N-dealkylation sites (N-methyl/N-ethyl adjacent to an activating group) is 2. The Morgan fingerprint density at radius 1 is 0.558 bits per heavy atom. The number of hydrogen-bond donors (Lipinski definition) is 7. The van der Waals surface area contributed by atoms with Crippen molar-refractivity contribution in [3.05, 3.63) is 125 Å². The van der Waals surface area contributed by atoms with Crippen LogP contribution in [0.2, 0.25) is 0 Å². The number of rotatable bonds is 10. The lowest BCUT2D eigenvalue weighted by Crippen LogP contribution is -2.70. The molecule has 4 fully saturated rings. The van der Waals surface area contributed by atoms with E-state index in [2.05, 4.69) is 31.4 Å². The third-order valence-electron chi connectivity index (χ3n) is 25.5. The number of benzene rings is 6. The molecule has 14 atom stereocenters. The van der Waals surface area contributed by atoms with E-state index >= 15 is 0 Å². The Hall–Kier alpha value is -9.29. The van der Waals surface area contributed by atoms with Gasteiger partial charge in [-0.2, -0.15) is 5.26 Å². The highest BCUT2D eigenvalue weighted by atomic mass is 32.2. The maximum absolute atomic E-state index is 14.8. The lowest BCUT2D eigenvalue weighted by Gasteiger charge is -2.62. The maximum Gasteiger partial charge on any atom is 0.331 e. The molecule has 0 saturated carbocycles. The number of hydrogen-bond acceptors (Lipinski definition) is 30. The molecule has 0 radical (unpaired) electrons. The third kappa shape index (κ3) is 11.4. The number of carbonyl (C=O) groups excluding carboxylic acids is 4. The molecule has 2 unspecified atom stereocenters. The van der Waals surface area contributed by atoms with E-state index in [1.54, 1.807) is 31.4 Å². The number of phenols is 4. The van der Waals surface area contributed by atoms with Crippen LogP contribution < -0.4 is 58.0 Å². The molecule has 8 bridgehead atoms. The molecule has 0 aliphatic carbocycles. The highest BCUT2D eigenvalue weighted by Gasteiger charge is 2.65. The minimum Gasteiger partial charge on any atom is -0.504 e. The van der Waals surface area contributed by atoms with Crippen LogP contribution in [-0.2, 0) is 65.4 Å². The normalized spacial score (nSPS) is 28.6. The molecule has 2 spiro atoms. The zero-order valence-corrected chi connectivity index (χ0v) is 66.7. The van der Waals surface area contributed by atoms with E-state index in [0.717, 1.165) is 33.4 Å². The van der Waals surface area contributed by atoms with Crippen molar-refractivity contribution in [2.45, 2.75) is 175 Å². The van der Waals surface area contributed by atoms with Crippen LogP contribution in [-0.4, -0.2) is 199 Å². The lowest BCUT2D eigenvalue weighted by molar-refractivity contribution is -0.186. The minimum atomic E-state index is -1.36. The Kier molecular flexibility index (Phi) is 19.5. The lowest BCUT2D eigenvalue weighted by atomic mass is 9.71. The van der Waals surface area contributed by atoms with Gasteiger partial charge in [-0.25, -0.2) is 9.59 Å². The fraction of sp³-hybridized carbons (Fsp3) is 0.506. The summed E-state index contributed by atoms with van der Waals surface area (Å²) >= 11 is 2.97. The van der Waals surface area contributed by atoms with Crippen molar-refractivity contribution in [1.82, 2.24) is 30.2 Å². The fourth-order valence-corrected chi connectivity index (χ4v) is 24.0. The number of aliphatic hydroxyl groups is 1. The number of aryl methyl sites for hydroxylation is 2. The van der Waals surface area contributed by atoms with E-state index < -0.39 is 94.0 Å². The van der Waals surface area contributed by atoms with E-state index in [1.807, 2.05) is 72.7 Å². The van der Waals surface area contributed by atoms with Gasteiger partial charge in [0.2, 0.25) is 13.6 Å². The Labute approximate surface area is 662 Å². The molecule has 7 N–H and O–H groups in total. The van der Waals surface area contributed by atoms with Crippen LogP contribution in [0.5, 0.6) is 80.5 Å². The predicted molar refractivity (Wildman–Crippen MR) is 411 cm³/mol. The smallest absolute Gasteiger partial charge is 0.331 e. The van der Waals surface area contributed by atoms with Gasteiger partial charge in [-0.3, -0.25) is 39.8 Å². The first-order valence-corrected chi connectivity index (χ1v) is 40.6. The molecule has 598 valence electrons. The highest BCUT2D eigenvalue weighted by molar-refractivity contribution is 7.99. The molecule has 0 amide bonds. The van der Waals surface area contributed by atoms with Gasteiger partial charge in [-0.1, -0.05) is 26.0 Å². The van der Waals surface area contributed by atoms with Gasteiger partial charge in [0, 0.05) is 100 Å². The average Bonchev–Trinajstić information content (AvgIpc) is 1.23. The summed E-state index contributed by atoms with van der Waals surface area (Å²) in [5.41, 5.74) is 8.90. The first kappa shape index (κ1) is 76.3. The zero-order valence-electron chi connectivity index (χ0n) is 65.0. The molecule has 30 heteroatoms. The third-order valence-corrected chi connectivity index (χ3v) is 28.5. The number of thioether (sulfide) groups is 2. The molecule has 28 nitrogen and oxygen atoms in total. The number of methoxy groups -OCH3 is 4. The molecule has 113 heavy (non-hydrogen) atoms. The van der Waals surface area contributed by atoms with Crippen molar-refractivity contribution in [2.24, 2.45) is 0 Å². The number of piperazine rings is 2. The largest absolute Gasteiger partial charge is 0.504 e. The standard InChI is InChI=1S/C42H46N4O10S.C41H47N3O11S/c1-7-8-29(48)56-37-20(3)38-39(55-18-54-38)31-26-16-53-41(50)42(23-14-28(51-5)27(47)13-21(23)9-10-44-42)17-57-40(32(31)37)34-33-30-22(11-19(2)36(52-6)35(30)49)12-24(45(33)4)25(15-43)46(26)34;1-7-8-27(46)55-35-19(3)36-37(54-17-53-36)29-24-15-52-40(49)41(22-14-26(50-5)25(45)13-20(22)9-10-42-41)16-56-38(30(29)35)32-31-28-21(11-18(2)34(51-6)33(28)47)12-23(43(31)4)39(48)44(24)32/h11,13-14,24-26,33-34,40,44,47,49H,7-10,12,16-18H2,1-6H3;11,13-14,23-24,31-32,38-39,42,45,47-48H,7-10,12,15-17H2,1-6H3/t24-,25-,26-,33+,34?,40+,42+;23-,24-,31+,32?,38+,39-,41+/m00/s1. The van der Waals surface area contributed by atoms with Crippen LogP contribution in [0, 0.1) is 39.0 Å². The second-order valence-corrected chi connectivity index (χ2v) is 33.5.